The molecular formula is C24H40O4. The van der Waals surface area contributed by atoms with Crippen molar-refractivity contribution in [1.29, 1.82) is 0 Å². The van der Waals surface area contributed by atoms with E-state index >= 15 is 0 Å². The van der Waals surface area contributed by atoms with Crippen LogP contribution in [0.2, 0.25) is 0 Å². The van der Waals surface area contributed by atoms with Crippen molar-refractivity contribution in [3.8, 4) is 0 Å². The van der Waals surface area contributed by atoms with Crippen LogP contribution in [0.15, 0.2) is 0 Å². The summed E-state index contributed by atoms with van der Waals surface area (Å²) in [6.07, 6.45) is 12.8. The van der Waals surface area contributed by atoms with Gasteiger partial charge < -0.3 is 19.3 Å². The van der Waals surface area contributed by atoms with Crippen molar-refractivity contribution in [2.24, 2.45) is 34.5 Å². The van der Waals surface area contributed by atoms with Gasteiger partial charge in [0.15, 0.2) is 5.79 Å². The summed E-state index contributed by atoms with van der Waals surface area (Å²) in [5.74, 6) is 3.07. The second kappa shape index (κ2) is 7.21. The lowest BCUT2D eigenvalue weighted by Crippen LogP contribution is -2.57. The monoisotopic (exact) mass is 392 g/mol. The summed E-state index contributed by atoms with van der Waals surface area (Å²) in [4.78, 5) is 0. The second-order valence-electron chi connectivity index (χ2n) is 10.9. The molecule has 1 spiro atoms. The summed E-state index contributed by atoms with van der Waals surface area (Å²) in [7, 11) is 0. The van der Waals surface area contributed by atoms with Crippen LogP contribution < -0.4 is 0 Å². The van der Waals surface area contributed by atoms with Crippen LogP contribution >= 0.6 is 0 Å². The molecule has 4 saturated carbocycles. The van der Waals surface area contributed by atoms with Crippen LogP contribution in [-0.4, -0.2) is 43.4 Å². The summed E-state index contributed by atoms with van der Waals surface area (Å²) in [6, 6.07) is 0. The Balaban J connectivity index is 1.31. The van der Waals surface area contributed by atoms with E-state index in [2.05, 4.69) is 13.8 Å². The van der Waals surface area contributed by atoms with Crippen LogP contribution in [0.1, 0.15) is 78.1 Å². The molecule has 1 unspecified atom stereocenters. The Hall–Kier alpha value is -0.160. The Kier molecular flexibility index (Phi) is 5.10. The van der Waals surface area contributed by atoms with Gasteiger partial charge in [-0.15, -0.1) is 0 Å². The smallest absolute Gasteiger partial charge is 0.174 e. The van der Waals surface area contributed by atoms with Gasteiger partial charge in [0.25, 0.3) is 0 Å². The molecule has 4 aliphatic carbocycles. The average Bonchev–Trinajstić information content (AvgIpc) is 3.28. The summed E-state index contributed by atoms with van der Waals surface area (Å²) in [5, 5.41) is 9.03. The van der Waals surface area contributed by atoms with Crippen LogP contribution in [-0.2, 0) is 14.2 Å². The van der Waals surface area contributed by atoms with Crippen molar-refractivity contribution in [3.63, 3.8) is 0 Å². The van der Waals surface area contributed by atoms with E-state index in [1.807, 2.05) is 0 Å². The van der Waals surface area contributed by atoms with Gasteiger partial charge >= 0.3 is 0 Å². The van der Waals surface area contributed by atoms with E-state index < -0.39 is 0 Å². The largest absolute Gasteiger partial charge is 0.396 e. The number of rotatable bonds is 4. The number of hydrogen-bond acceptors (Lipinski definition) is 4. The van der Waals surface area contributed by atoms with Gasteiger partial charge in [-0.25, -0.2) is 0 Å². The minimum absolute atomic E-state index is 0.221. The molecule has 4 heteroatoms. The highest BCUT2D eigenvalue weighted by Crippen LogP contribution is 2.69. The van der Waals surface area contributed by atoms with E-state index in [9.17, 15) is 0 Å². The first-order valence-corrected chi connectivity index (χ1v) is 12.0. The standard InChI is InChI=1S/C24H40O4/c1-22-9-6-18(26-13-3-12-25)16-17(22)4-5-19-20(22)7-10-23(2)21(19)8-11-24(23)27-14-15-28-24/h17-21,25H,3-16H2,1-2H3/t17?,18-,19-,20+,21+,22+,23+/m1/s1. The van der Waals surface area contributed by atoms with E-state index in [0.29, 0.717) is 11.5 Å². The Morgan fingerprint density at radius 2 is 1.71 bits per heavy atom. The predicted octanol–water partition coefficient (Wildman–Crippen LogP) is 4.54. The Morgan fingerprint density at radius 1 is 0.929 bits per heavy atom. The van der Waals surface area contributed by atoms with Crippen LogP contribution in [0, 0.1) is 34.5 Å². The zero-order chi connectivity index (χ0) is 19.4. The first-order valence-electron chi connectivity index (χ1n) is 12.0. The molecule has 7 atom stereocenters. The van der Waals surface area contributed by atoms with Crippen LogP contribution in [0.25, 0.3) is 0 Å². The van der Waals surface area contributed by atoms with Gasteiger partial charge in [-0.05, 0) is 86.9 Å². The maximum atomic E-state index is 9.03. The zero-order valence-electron chi connectivity index (χ0n) is 18.0. The van der Waals surface area contributed by atoms with Gasteiger partial charge in [-0.2, -0.15) is 0 Å². The Labute approximate surface area is 170 Å². The highest BCUT2D eigenvalue weighted by atomic mass is 16.7. The molecular weight excluding hydrogens is 352 g/mol. The number of ether oxygens (including phenoxy) is 3. The van der Waals surface area contributed by atoms with Gasteiger partial charge in [-0.1, -0.05) is 13.8 Å². The quantitative estimate of drug-likeness (QED) is 0.714. The first-order chi connectivity index (χ1) is 13.5. The number of aliphatic hydroxyl groups excluding tert-OH is 1. The fraction of sp³-hybridized carbons (Fsp3) is 1.00. The van der Waals surface area contributed by atoms with Gasteiger partial charge in [0.2, 0.25) is 0 Å². The highest BCUT2D eigenvalue weighted by molar-refractivity contribution is 5.12. The highest BCUT2D eigenvalue weighted by Gasteiger charge is 2.67. The third-order valence-electron chi connectivity index (χ3n) is 10.1. The molecule has 1 aliphatic heterocycles. The summed E-state index contributed by atoms with van der Waals surface area (Å²) >= 11 is 0. The van der Waals surface area contributed by atoms with Gasteiger partial charge in [0.1, 0.15) is 0 Å². The SMILES string of the molecule is C[C@]12CC[C@@H](OCCCO)CC1CC[C@@H]1[C@@H]2CC[C@@]2(C)[C@H]1CCC21OCCO1. The van der Waals surface area contributed by atoms with E-state index in [4.69, 9.17) is 19.3 Å². The van der Waals surface area contributed by atoms with Gasteiger partial charge in [0, 0.05) is 25.0 Å². The molecule has 1 heterocycles. The van der Waals surface area contributed by atoms with E-state index in [-0.39, 0.29) is 17.8 Å². The van der Waals surface area contributed by atoms with E-state index in [1.54, 1.807) is 0 Å². The Bertz CT molecular complexity index is 573. The Morgan fingerprint density at radius 3 is 2.50 bits per heavy atom. The molecule has 4 nitrogen and oxygen atoms in total. The van der Waals surface area contributed by atoms with Crippen molar-refractivity contribution in [3.05, 3.63) is 0 Å². The number of hydrogen-bond donors (Lipinski definition) is 1. The molecule has 1 saturated heterocycles. The molecule has 28 heavy (non-hydrogen) atoms. The molecule has 5 rings (SSSR count). The summed E-state index contributed by atoms with van der Waals surface area (Å²) < 4.78 is 18.7. The molecule has 0 aromatic rings. The normalized spacial score (nSPS) is 49.6. The molecule has 1 N–H and O–H groups in total. The third kappa shape index (κ3) is 2.77. The van der Waals surface area contributed by atoms with Crippen LogP contribution in [0.4, 0.5) is 0 Å². The minimum Gasteiger partial charge on any atom is -0.396 e. The fourth-order valence-electron chi connectivity index (χ4n) is 8.57. The van der Waals surface area contributed by atoms with E-state index in [0.717, 1.165) is 56.3 Å². The molecule has 0 radical (unpaired) electrons. The van der Waals surface area contributed by atoms with Crippen molar-refractivity contribution >= 4 is 0 Å². The lowest BCUT2D eigenvalue weighted by molar-refractivity contribution is -0.248. The molecule has 5 aliphatic rings. The topological polar surface area (TPSA) is 47.9 Å². The fourth-order valence-corrected chi connectivity index (χ4v) is 8.57. The van der Waals surface area contributed by atoms with Gasteiger partial charge in [0.05, 0.1) is 19.3 Å². The molecule has 0 amide bonds. The predicted molar refractivity (Wildman–Crippen MR) is 108 cm³/mol. The number of aliphatic hydroxyl groups is 1. The van der Waals surface area contributed by atoms with Crippen LogP contribution in [0.5, 0.6) is 0 Å². The van der Waals surface area contributed by atoms with Crippen molar-refractivity contribution < 1.29 is 19.3 Å². The summed E-state index contributed by atoms with van der Waals surface area (Å²) in [6.45, 7) is 7.65. The van der Waals surface area contributed by atoms with Crippen molar-refractivity contribution in [2.45, 2.75) is 89.9 Å². The zero-order valence-corrected chi connectivity index (χ0v) is 18.0. The summed E-state index contributed by atoms with van der Waals surface area (Å²) in [5.41, 5.74) is 0.715. The van der Waals surface area contributed by atoms with Crippen molar-refractivity contribution in [2.75, 3.05) is 26.4 Å². The molecule has 0 bridgehead atoms. The first kappa shape index (κ1) is 19.8. The number of fused-ring (bicyclic) bond motifs is 6. The maximum Gasteiger partial charge on any atom is 0.174 e. The average molecular weight is 393 g/mol. The third-order valence-corrected chi connectivity index (χ3v) is 10.1. The lowest BCUT2D eigenvalue weighted by Gasteiger charge is -2.61. The maximum absolute atomic E-state index is 9.03. The lowest BCUT2D eigenvalue weighted by atomic mass is 9.45. The molecule has 0 aromatic heterocycles. The van der Waals surface area contributed by atoms with Crippen molar-refractivity contribution in [1.82, 2.24) is 0 Å². The minimum atomic E-state index is -0.265. The molecule has 5 fully saturated rings. The van der Waals surface area contributed by atoms with E-state index in [1.165, 1.54) is 51.4 Å². The second-order valence-corrected chi connectivity index (χ2v) is 10.9. The molecule has 160 valence electrons. The molecule has 0 aromatic carbocycles. The van der Waals surface area contributed by atoms with Crippen LogP contribution in [0.3, 0.4) is 0 Å². The van der Waals surface area contributed by atoms with Gasteiger partial charge in [-0.3, -0.25) is 0 Å².